The van der Waals surface area contributed by atoms with E-state index in [0.717, 1.165) is 21.3 Å². The quantitative estimate of drug-likeness (QED) is 0.270. The molecule has 0 unspecified atom stereocenters. The summed E-state index contributed by atoms with van der Waals surface area (Å²) >= 11 is 15.1. The summed E-state index contributed by atoms with van der Waals surface area (Å²) in [6.45, 7) is 0.363. The van der Waals surface area contributed by atoms with Gasteiger partial charge in [-0.3, -0.25) is 9.69 Å². The molecular weight excluding hydrogens is 524 g/mol. The topological polar surface area (TPSA) is 42.0 Å². The van der Waals surface area contributed by atoms with Crippen LogP contribution in [0, 0.1) is 0 Å². The highest BCUT2D eigenvalue weighted by atomic mass is 79.9. The van der Waals surface area contributed by atoms with Gasteiger partial charge in [0.2, 0.25) is 0 Å². The van der Waals surface area contributed by atoms with Gasteiger partial charge in [-0.1, -0.05) is 57.9 Å². The first-order chi connectivity index (χ1) is 15.9. The first-order valence-electron chi connectivity index (χ1n) is 10.0. The number of hydrogen-bond donors (Lipinski definition) is 0. The van der Waals surface area contributed by atoms with Crippen LogP contribution < -0.4 is 14.4 Å². The Bertz CT molecular complexity index is 1230. The summed E-state index contributed by atoms with van der Waals surface area (Å²) in [4.78, 5) is 16.4. The molecule has 3 aromatic carbocycles. The third kappa shape index (κ3) is 4.90. The van der Waals surface area contributed by atoms with Gasteiger partial charge in [0, 0.05) is 16.5 Å². The number of carbonyl (C=O) groups excluding carboxylic acids is 1. The Morgan fingerprint density at radius 2 is 1.76 bits per heavy atom. The first-order valence-corrected chi connectivity index (χ1v) is 11.6. The van der Waals surface area contributed by atoms with Crippen LogP contribution in [-0.4, -0.2) is 30.1 Å². The Morgan fingerprint density at radius 1 is 1.06 bits per heavy atom. The van der Waals surface area contributed by atoms with Crippen LogP contribution in [0.15, 0.2) is 76.9 Å². The number of anilines is 1. The average Bonchev–Trinajstić information content (AvgIpc) is 3.03. The lowest BCUT2D eigenvalue weighted by Gasteiger charge is -2.16. The van der Waals surface area contributed by atoms with Crippen molar-refractivity contribution in [1.29, 1.82) is 0 Å². The Labute approximate surface area is 211 Å². The Balaban J connectivity index is 1.61. The van der Waals surface area contributed by atoms with Gasteiger partial charge in [0.25, 0.3) is 5.91 Å². The van der Waals surface area contributed by atoms with Crippen LogP contribution in [0.2, 0.25) is 5.02 Å². The van der Waals surface area contributed by atoms with Crippen molar-refractivity contribution in [3.63, 3.8) is 0 Å². The van der Waals surface area contributed by atoms with Gasteiger partial charge >= 0.3 is 0 Å². The molecule has 1 aliphatic rings. The molecule has 1 heterocycles. The molecule has 168 valence electrons. The van der Waals surface area contributed by atoms with E-state index in [1.54, 1.807) is 25.1 Å². The van der Waals surface area contributed by atoms with Crippen molar-refractivity contribution in [3.8, 4) is 11.5 Å². The molecule has 0 atom stereocenters. The summed E-state index contributed by atoms with van der Waals surface area (Å²) in [5, 5.41) is 1.09. The van der Waals surface area contributed by atoms with Gasteiger partial charge in [0.15, 0.2) is 16.6 Å². The molecule has 0 spiro atoms. The normalized spacial score (nSPS) is 14.8. The standard InChI is InChI=1S/C25H20BrClN2O3S/c1-28-21(24(30)29(25(28)33)19-6-4-3-5-7-19)12-17-13-22(31-2)23(14-20(17)26)32-15-16-8-10-18(27)11-9-16/h3-14H,15H2,1-2H3/b21-12-. The molecule has 0 bridgehead atoms. The van der Waals surface area contributed by atoms with Gasteiger partial charge < -0.3 is 14.4 Å². The molecule has 0 N–H and O–H groups in total. The number of para-hydroxylation sites is 1. The highest BCUT2D eigenvalue weighted by Gasteiger charge is 2.36. The fraction of sp³-hybridized carbons (Fsp3) is 0.120. The lowest BCUT2D eigenvalue weighted by atomic mass is 10.1. The number of halogens is 2. The maximum Gasteiger partial charge on any atom is 0.281 e. The van der Waals surface area contributed by atoms with E-state index in [-0.39, 0.29) is 5.91 Å². The molecule has 33 heavy (non-hydrogen) atoms. The van der Waals surface area contributed by atoms with E-state index < -0.39 is 0 Å². The second-order valence-corrected chi connectivity index (χ2v) is 8.94. The van der Waals surface area contributed by atoms with Gasteiger partial charge in [-0.2, -0.15) is 0 Å². The van der Waals surface area contributed by atoms with Crippen molar-refractivity contribution in [2.24, 2.45) is 0 Å². The fourth-order valence-electron chi connectivity index (χ4n) is 3.38. The fourth-order valence-corrected chi connectivity index (χ4v) is 4.23. The van der Waals surface area contributed by atoms with Crippen LogP contribution >= 0.6 is 39.7 Å². The predicted molar refractivity (Wildman–Crippen MR) is 139 cm³/mol. The molecule has 5 nitrogen and oxygen atoms in total. The summed E-state index contributed by atoms with van der Waals surface area (Å²) in [6, 6.07) is 20.5. The number of carbonyl (C=O) groups is 1. The number of nitrogens with zero attached hydrogens (tertiary/aromatic N) is 2. The van der Waals surface area contributed by atoms with Crippen molar-refractivity contribution in [3.05, 3.63) is 93.0 Å². The highest BCUT2D eigenvalue weighted by Crippen LogP contribution is 2.36. The van der Waals surface area contributed by atoms with E-state index in [1.807, 2.05) is 66.7 Å². The second kappa shape index (κ2) is 9.95. The van der Waals surface area contributed by atoms with Crippen molar-refractivity contribution in [1.82, 2.24) is 4.90 Å². The first kappa shape index (κ1) is 23.3. The van der Waals surface area contributed by atoms with Gasteiger partial charge in [-0.15, -0.1) is 0 Å². The highest BCUT2D eigenvalue weighted by molar-refractivity contribution is 9.10. The molecule has 1 aliphatic heterocycles. The molecule has 3 aromatic rings. The molecule has 1 fully saturated rings. The second-order valence-electron chi connectivity index (χ2n) is 7.29. The zero-order valence-electron chi connectivity index (χ0n) is 17.9. The summed E-state index contributed by atoms with van der Waals surface area (Å²) < 4.78 is 12.3. The van der Waals surface area contributed by atoms with Crippen LogP contribution in [0.4, 0.5) is 5.69 Å². The van der Waals surface area contributed by atoms with Crippen molar-refractivity contribution < 1.29 is 14.3 Å². The number of thiocarbonyl (C=S) groups is 1. The summed E-state index contributed by atoms with van der Waals surface area (Å²) in [5.74, 6) is 0.936. The van der Waals surface area contributed by atoms with Gasteiger partial charge in [0.05, 0.1) is 12.8 Å². The van der Waals surface area contributed by atoms with Crippen molar-refractivity contribution in [2.75, 3.05) is 19.1 Å². The maximum absolute atomic E-state index is 13.2. The largest absolute Gasteiger partial charge is 0.493 e. The van der Waals surface area contributed by atoms with E-state index in [1.165, 1.54) is 4.90 Å². The lowest BCUT2D eigenvalue weighted by molar-refractivity contribution is -0.114. The number of rotatable bonds is 6. The summed E-state index contributed by atoms with van der Waals surface area (Å²) in [5.41, 5.74) is 2.93. The Morgan fingerprint density at radius 3 is 2.42 bits per heavy atom. The number of methoxy groups -OCH3 is 1. The monoisotopic (exact) mass is 542 g/mol. The lowest BCUT2D eigenvalue weighted by Crippen LogP contribution is -2.30. The van der Waals surface area contributed by atoms with Crippen molar-refractivity contribution >= 4 is 62.5 Å². The van der Waals surface area contributed by atoms with Gasteiger partial charge in [0.1, 0.15) is 12.3 Å². The zero-order chi connectivity index (χ0) is 23.5. The molecule has 0 radical (unpaired) electrons. The number of ether oxygens (including phenoxy) is 2. The summed E-state index contributed by atoms with van der Waals surface area (Å²) in [7, 11) is 3.36. The van der Waals surface area contributed by atoms with Gasteiger partial charge in [-0.25, -0.2) is 0 Å². The predicted octanol–water partition coefficient (Wildman–Crippen LogP) is 6.29. The third-order valence-electron chi connectivity index (χ3n) is 5.16. The van der Waals surface area contributed by atoms with E-state index in [9.17, 15) is 4.79 Å². The van der Waals surface area contributed by atoms with Crippen LogP contribution in [0.3, 0.4) is 0 Å². The van der Waals surface area contributed by atoms with Crippen LogP contribution in [0.1, 0.15) is 11.1 Å². The smallest absolute Gasteiger partial charge is 0.281 e. The average molecular weight is 544 g/mol. The van der Waals surface area contributed by atoms with Crippen LogP contribution in [0.25, 0.3) is 6.08 Å². The van der Waals surface area contributed by atoms with E-state index in [0.29, 0.717) is 33.9 Å². The number of likely N-dealkylation sites (N-methyl/N-ethyl adjacent to an activating group) is 1. The molecule has 4 rings (SSSR count). The number of amides is 1. The summed E-state index contributed by atoms with van der Waals surface area (Å²) in [6.07, 6.45) is 1.78. The number of benzene rings is 3. The molecular formula is C25H20BrClN2O3S. The van der Waals surface area contributed by atoms with E-state index in [2.05, 4.69) is 15.9 Å². The minimum atomic E-state index is -0.192. The molecule has 0 saturated carbocycles. The Kier molecular flexibility index (Phi) is 7.02. The van der Waals surface area contributed by atoms with Crippen molar-refractivity contribution in [2.45, 2.75) is 6.61 Å². The van der Waals surface area contributed by atoms with Crippen LogP contribution in [-0.2, 0) is 11.4 Å². The van der Waals surface area contributed by atoms with Crippen LogP contribution in [0.5, 0.6) is 11.5 Å². The Hall–Kier alpha value is -2.87. The minimum Gasteiger partial charge on any atom is -0.493 e. The minimum absolute atomic E-state index is 0.192. The molecule has 1 saturated heterocycles. The van der Waals surface area contributed by atoms with E-state index in [4.69, 9.17) is 33.3 Å². The SMILES string of the molecule is COc1cc(/C=C2/C(=O)N(c3ccccc3)C(=S)N2C)c(Br)cc1OCc1ccc(Cl)cc1. The maximum atomic E-state index is 13.2. The molecule has 8 heteroatoms. The number of hydrogen-bond acceptors (Lipinski definition) is 4. The third-order valence-corrected chi connectivity index (χ3v) is 6.55. The van der Waals surface area contributed by atoms with Gasteiger partial charge in [-0.05, 0) is 65.8 Å². The molecule has 0 aliphatic carbocycles. The molecule has 0 aromatic heterocycles. The zero-order valence-corrected chi connectivity index (χ0v) is 21.1. The van der Waals surface area contributed by atoms with E-state index >= 15 is 0 Å². The molecule has 1 amide bonds.